The summed E-state index contributed by atoms with van der Waals surface area (Å²) in [6.45, 7) is 2.28. The quantitative estimate of drug-likeness (QED) is 0.500. The molecule has 2 heterocycles. The first-order valence-electron chi connectivity index (χ1n) is 9.42. The van der Waals surface area contributed by atoms with Crippen LogP contribution in [0.15, 0.2) is 35.5 Å². The van der Waals surface area contributed by atoms with E-state index in [4.69, 9.17) is 4.98 Å². The van der Waals surface area contributed by atoms with Gasteiger partial charge < -0.3 is 4.90 Å². The Labute approximate surface area is 174 Å². The van der Waals surface area contributed by atoms with E-state index in [0.717, 1.165) is 51.6 Å². The second-order valence-corrected chi connectivity index (χ2v) is 9.21. The molecule has 0 unspecified atom stereocenters. The number of thioether (sulfide) groups is 1. The van der Waals surface area contributed by atoms with Gasteiger partial charge in [-0.3, -0.25) is 4.79 Å². The van der Waals surface area contributed by atoms with Gasteiger partial charge >= 0.3 is 0 Å². The lowest BCUT2D eigenvalue weighted by atomic mass is 10.00. The molecule has 0 radical (unpaired) electrons. The third-order valence-corrected chi connectivity index (χ3v) is 6.48. The molecule has 0 spiro atoms. The molecule has 28 heavy (non-hydrogen) atoms. The molecule has 148 valence electrons. The number of aryl methyl sites for hydroxylation is 2. The Bertz CT molecular complexity index is 937. The van der Waals surface area contributed by atoms with Crippen molar-refractivity contribution in [1.82, 2.24) is 19.9 Å². The number of hydrogen-bond donors (Lipinski definition) is 0. The molecule has 0 saturated heterocycles. The topological polar surface area (TPSA) is 59.0 Å². The first-order chi connectivity index (χ1) is 13.5. The highest BCUT2D eigenvalue weighted by Crippen LogP contribution is 2.26. The molecule has 1 aromatic carbocycles. The van der Waals surface area contributed by atoms with Crippen LogP contribution in [0.4, 0.5) is 0 Å². The lowest BCUT2D eigenvalue weighted by molar-refractivity contribution is 0.0828. The van der Waals surface area contributed by atoms with Crippen molar-refractivity contribution < 1.29 is 4.79 Å². The van der Waals surface area contributed by atoms with Gasteiger partial charge in [0.15, 0.2) is 0 Å². The van der Waals surface area contributed by atoms with E-state index in [1.807, 2.05) is 36.8 Å². The van der Waals surface area contributed by atoms with Gasteiger partial charge in [-0.1, -0.05) is 6.92 Å². The van der Waals surface area contributed by atoms with E-state index < -0.39 is 0 Å². The van der Waals surface area contributed by atoms with Crippen LogP contribution in [0.2, 0.25) is 0 Å². The fourth-order valence-corrected chi connectivity index (χ4v) is 4.28. The van der Waals surface area contributed by atoms with Crippen LogP contribution in [0.5, 0.6) is 0 Å². The molecule has 0 N–H and O–H groups in total. The predicted octanol–water partition coefficient (Wildman–Crippen LogP) is 4.71. The van der Waals surface area contributed by atoms with Crippen LogP contribution in [0.1, 0.15) is 41.0 Å². The number of hydrogen-bond acceptors (Lipinski definition) is 6. The normalized spacial score (nSPS) is 12.3. The van der Waals surface area contributed by atoms with Gasteiger partial charge in [-0.25, -0.2) is 15.0 Å². The summed E-state index contributed by atoms with van der Waals surface area (Å²) in [6, 6.07) is 5.77. The van der Waals surface area contributed by atoms with Gasteiger partial charge in [0.05, 0.1) is 15.2 Å². The van der Waals surface area contributed by atoms with Gasteiger partial charge in [0, 0.05) is 43.4 Å². The van der Waals surface area contributed by atoms with Crippen LogP contribution in [-0.4, -0.2) is 46.1 Å². The van der Waals surface area contributed by atoms with Crippen molar-refractivity contribution in [2.24, 2.45) is 5.92 Å². The maximum atomic E-state index is 12.1. The van der Waals surface area contributed by atoms with Gasteiger partial charge in [-0.15, -0.1) is 23.1 Å². The lowest BCUT2D eigenvalue weighted by Crippen LogP contribution is -2.21. The van der Waals surface area contributed by atoms with E-state index in [-0.39, 0.29) is 5.91 Å². The molecule has 0 bridgehead atoms. The fraction of sp³-hybridized carbons (Fsp3) is 0.429. The van der Waals surface area contributed by atoms with E-state index in [0.29, 0.717) is 11.5 Å². The summed E-state index contributed by atoms with van der Waals surface area (Å²) >= 11 is 3.35. The molecule has 0 aliphatic rings. The highest BCUT2D eigenvalue weighted by atomic mass is 32.2. The lowest BCUT2D eigenvalue weighted by Gasteiger charge is -2.09. The summed E-state index contributed by atoms with van der Waals surface area (Å²) in [5.74, 6) is 1.53. The number of thiazole rings is 1. The summed E-state index contributed by atoms with van der Waals surface area (Å²) < 4.78 is 1.08. The molecular formula is C21H26N4OS2. The number of nitrogens with zero attached hydrogens (tertiary/aromatic N) is 4. The van der Waals surface area contributed by atoms with Crippen LogP contribution in [0.25, 0.3) is 10.2 Å². The minimum atomic E-state index is 0.0262. The van der Waals surface area contributed by atoms with Crippen molar-refractivity contribution in [2.75, 3.05) is 20.4 Å². The van der Waals surface area contributed by atoms with Gasteiger partial charge in [0.25, 0.3) is 5.91 Å². The van der Waals surface area contributed by atoms with Crippen molar-refractivity contribution in [3.63, 3.8) is 0 Å². The molecule has 0 fully saturated rings. The zero-order valence-corrected chi connectivity index (χ0v) is 18.4. The second kappa shape index (κ2) is 9.47. The standard InChI is InChI=1S/C21H26N4OS2/c1-14(5-9-19-22-12-16(27-4)13-23-19)6-10-20-24-17-8-7-15(11-18(17)28-20)21(26)25(2)3/h7-8,11-14H,5-6,9-10H2,1-4H3/t14-/m0/s1. The molecule has 0 saturated carbocycles. The Balaban J connectivity index is 1.54. The molecule has 2 aromatic heterocycles. The molecule has 0 aliphatic carbocycles. The average Bonchev–Trinajstić information content (AvgIpc) is 3.12. The van der Waals surface area contributed by atoms with Crippen molar-refractivity contribution >= 4 is 39.2 Å². The number of rotatable bonds is 8. The van der Waals surface area contributed by atoms with E-state index >= 15 is 0 Å². The minimum absolute atomic E-state index is 0.0262. The molecule has 5 nitrogen and oxygen atoms in total. The van der Waals surface area contributed by atoms with Crippen LogP contribution in [0, 0.1) is 5.92 Å². The summed E-state index contributed by atoms with van der Waals surface area (Å²) in [5, 5.41) is 1.14. The van der Waals surface area contributed by atoms with E-state index in [1.54, 1.807) is 42.1 Å². The van der Waals surface area contributed by atoms with Crippen LogP contribution in [-0.2, 0) is 12.8 Å². The smallest absolute Gasteiger partial charge is 0.253 e. The second-order valence-electron chi connectivity index (χ2n) is 7.21. The zero-order chi connectivity index (χ0) is 20.1. The largest absolute Gasteiger partial charge is 0.345 e. The highest BCUT2D eigenvalue weighted by molar-refractivity contribution is 7.98. The average molecular weight is 415 g/mol. The van der Waals surface area contributed by atoms with E-state index in [1.165, 1.54) is 0 Å². The summed E-state index contributed by atoms with van der Waals surface area (Å²) in [7, 11) is 3.54. The highest BCUT2D eigenvalue weighted by Gasteiger charge is 2.12. The molecule has 3 aromatic rings. The monoisotopic (exact) mass is 414 g/mol. The van der Waals surface area contributed by atoms with Gasteiger partial charge in [-0.05, 0) is 49.6 Å². The van der Waals surface area contributed by atoms with Crippen molar-refractivity contribution in [3.8, 4) is 0 Å². The summed E-state index contributed by atoms with van der Waals surface area (Å²) in [6.07, 6.45) is 9.86. The van der Waals surface area contributed by atoms with Crippen LogP contribution in [0.3, 0.4) is 0 Å². The zero-order valence-electron chi connectivity index (χ0n) is 16.8. The number of amides is 1. The molecular weight excluding hydrogens is 388 g/mol. The van der Waals surface area contributed by atoms with E-state index in [2.05, 4.69) is 16.9 Å². The number of fused-ring (bicyclic) bond motifs is 1. The van der Waals surface area contributed by atoms with Gasteiger partial charge in [0.1, 0.15) is 5.82 Å². The van der Waals surface area contributed by atoms with Gasteiger partial charge in [0.2, 0.25) is 0 Å². The first kappa shape index (κ1) is 20.7. The molecule has 1 amide bonds. The SMILES string of the molecule is CSc1cnc(CC[C@H](C)CCc2nc3ccc(C(=O)N(C)C)cc3s2)nc1. The molecule has 7 heteroatoms. The number of aromatic nitrogens is 3. The van der Waals surface area contributed by atoms with Crippen LogP contribution >= 0.6 is 23.1 Å². The third-order valence-electron chi connectivity index (χ3n) is 4.71. The van der Waals surface area contributed by atoms with Gasteiger partial charge in [-0.2, -0.15) is 0 Å². The number of carbonyl (C=O) groups excluding carboxylic acids is 1. The predicted molar refractivity (Wildman–Crippen MR) is 117 cm³/mol. The summed E-state index contributed by atoms with van der Waals surface area (Å²) in [4.78, 5) is 28.4. The number of benzene rings is 1. The molecule has 0 aliphatic heterocycles. The maximum absolute atomic E-state index is 12.1. The third kappa shape index (κ3) is 5.29. The molecule has 3 rings (SSSR count). The van der Waals surface area contributed by atoms with E-state index in [9.17, 15) is 4.79 Å². The Hall–Kier alpha value is -1.99. The maximum Gasteiger partial charge on any atom is 0.253 e. The van der Waals surface area contributed by atoms with Crippen LogP contribution < -0.4 is 0 Å². The Morgan fingerprint density at radius 1 is 1.18 bits per heavy atom. The number of carbonyl (C=O) groups is 1. The van der Waals surface area contributed by atoms with Crippen molar-refractivity contribution in [1.29, 1.82) is 0 Å². The van der Waals surface area contributed by atoms with Crippen molar-refractivity contribution in [3.05, 3.63) is 47.0 Å². The Kier molecular flexibility index (Phi) is 7.02. The Morgan fingerprint density at radius 3 is 2.57 bits per heavy atom. The fourth-order valence-electron chi connectivity index (χ4n) is 2.94. The van der Waals surface area contributed by atoms with Crippen molar-refractivity contribution in [2.45, 2.75) is 37.5 Å². The first-order valence-corrected chi connectivity index (χ1v) is 11.5. The molecule has 1 atom stereocenters. The minimum Gasteiger partial charge on any atom is -0.345 e. The summed E-state index contributed by atoms with van der Waals surface area (Å²) in [5.41, 5.74) is 1.69. The Morgan fingerprint density at radius 2 is 1.89 bits per heavy atom.